The molecule has 1 aromatic heterocycles. The minimum absolute atomic E-state index is 0.482. The SMILES string of the molecule is Nc1csc(NN=Cc2ccccc2OCC=Cc2ccccc2)n1. The van der Waals surface area contributed by atoms with Crippen molar-refractivity contribution >= 4 is 34.6 Å². The molecule has 0 atom stereocenters. The molecule has 25 heavy (non-hydrogen) atoms. The number of nitrogens with zero attached hydrogens (tertiary/aromatic N) is 2. The largest absolute Gasteiger partial charge is 0.489 e. The number of hydrazone groups is 1. The fourth-order valence-electron chi connectivity index (χ4n) is 2.10. The van der Waals surface area contributed by atoms with Crippen LogP contribution in [0.2, 0.25) is 0 Å². The third-order valence-electron chi connectivity index (χ3n) is 3.25. The van der Waals surface area contributed by atoms with Crippen molar-refractivity contribution < 1.29 is 4.74 Å². The van der Waals surface area contributed by atoms with Crippen molar-refractivity contribution in [2.75, 3.05) is 17.8 Å². The standard InChI is InChI=1S/C19H18N4OS/c20-18-14-25-19(22-18)23-21-13-16-10-4-5-11-17(16)24-12-6-9-15-7-2-1-3-8-15/h1-11,13-14H,12,20H2,(H,22,23). The number of nitrogens with two attached hydrogens (primary N) is 1. The van der Waals surface area contributed by atoms with Gasteiger partial charge in [0.15, 0.2) is 0 Å². The highest BCUT2D eigenvalue weighted by molar-refractivity contribution is 7.14. The molecular weight excluding hydrogens is 332 g/mol. The predicted molar refractivity (Wildman–Crippen MR) is 105 cm³/mol. The van der Waals surface area contributed by atoms with Crippen LogP contribution in [0.5, 0.6) is 5.75 Å². The number of rotatable bonds is 7. The Balaban J connectivity index is 1.57. The summed E-state index contributed by atoms with van der Waals surface area (Å²) >= 11 is 1.40. The maximum absolute atomic E-state index is 5.83. The van der Waals surface area contributed by atoms with Gasteiger partial charge in [0, 0.05) is 10.9 Å². The number of hydrogen-bond acceptors (Lipinski definition) is 6. The van der Waals surface area contributed by atoms with Crippen LogP contribution in [0.3, 0.4) is 0 Å². The summed E-state index contributed by atoms with van der Waals surface area (Å²) in [5, 5.41) is 6.59. The number of anilines is 2. The second-order valence-corrected chi connectivity index (χ2v) is 5.97. The Morgan fingerprint density at radius 2 is 1.92 bits per heavy atom. The number of aromatic nitrogens is 1. The van der Waals surface area contributed by atoms with Crippen molar-refractivity contribution in [3.05, 3.63) is 77.2 Å². The normalized spacial score (nSPS) is 11.2. The Morgan fingerprint density at radius 3 is 2.72 bits per heavy atom. The summed E-state index contributed by atoms with van der Waals surface area (Å²) in [6.45, 7) is 0.482. The molecule has 1 heterocycles. The monoisotopic (exact) mass is 350 g/mol. The Morgan fingerprint density at radius 1 is 1.12 bits per heavy atom. The van der Waals surface area contributed by atoms with E-state index in [0.717, 1.165) is 16.9 Å². The first-order valence-electron chi connectivity index (χ1n) is 7.75. The number of nitrogen functional groups attached to an aromatic ring is 1. The van der Waals surface area contributed by atoms with Gasteiger partial charge in [0.25, 0.3) is 0 Å². The number of benzene rings is 2. The van der Waals surface area contributed by atoms with Crippen LogP contribution in [-0.2, 0) is 0 Å². The highest BCUT2D eigenvalue weighted by Gasteiger charge is 2.00. The van der Waals surface area contributed by atoms with Crippen molar-refractivity contribution in [2.45, 2.75) is 0 Å². The van der Waals surface area contributed by atoms with E-state index in [9.17, 15) is 0 Å². The van der Waals surface area contributed by atoms with Gasteiger partial charge in [-0.05, 0) is 23.8 Å². The second-order valence-electron chi connectivity index (χ2n) is 5.11. The number of thiazole rings is 1. The van der Waals surface area contributed by atoms with Crippen LogP contribution < -0.4 is 15.9 Å². The molecule has 6 heteroatoms. The fourth-order valence-corrected chi connectivity index (χ4v) is 2.65. The number of hydrogen-bond donors (Lipinski definition) is 2. The molecule has 0 aliphatic rings. The average molecular weight is 350 g/mol. The van der Waals surface area contributed by atoms with Gasteiger partial charge in [-0.2, -0.15) is 5.10 Å². The molecule has 0 fully saturated rings. The second kappa shape index (κ2) is 8.65. The van der Waals surface area contributed by atoms with E-state index >= 15 is 0 Å². The number of ether oxygens (including phenoxy) is 1. The minimum Gasteiger partial charge on any atom is -0.489 e. The molecule has 0 saturated heterocycles. The average Bonchev–Trinajstić information content (AvgIpc) is 3.06. The molecule has 0 aliphatic carbocycles. The van der Waals surface area contributed by atoms with Gasteiger partial charge in [0.2, 0.25) is 5.13 Å². The smallest absolute Gasteiger partial charge is 0.205 e. The first kappa shape index (κ1) is 16.7. The minimum atomic E-state index is 0.482. The third kappa shape index (κ3) is 5.19. The summed E-state index contributed by atoms with van der Waals surface area (Å²) in [5.74, 6) is 1.25. The van der Waals surface area contributed by atoms with Gasteiger partial charge in [-0.15, -0.1) is 11.3 Å². The lowest BCUT2D eigenvalue weighted by Crippen LogP contribution is -1.98. The van der Waals surface area contributed by atoms with Crippen molar-refractivity contribution in [1.29, 1.82) is 0 Å². The molecule has 0 spiro atoms. The van der Waals surface area contributed by atoms with E-state index in [1.165, 1.54) is 11.3 Å². The molecule has 0 unspecified atom stereocenters. The third-order valence-corrected chi connectivity index (χ3v) is 4.01. The van der Waals surface area contributed by atoms with Gasteiger partial charge in [-0.1, -0.05) is 48.5 Å². The topological polar surface area (TPSA) is 72.5 Å². The van der Waals surface area contributed by atoms with E-state index < -0.39 is 0 Å². The molecule has 5 nitrogen and oxygen atoms in total. The van der Waals surface area contributed by atoms with Crippen LogP contribution in [0.15, 0.2) is 71.2 Å². The van der Waals surface area contributed by atoms with E-state index in [1.807, 2.05) is 66.7 Å². The van der Waals surface area contributed by atoms with Crippen LogP contribution in [0.4, 0.5) is 10.9 Å². The summed E-state index contributed by atoms with van der Waals surface area (Å²) in [4.78, 5) is 4.08. The maximum atomic E-state index is 5.83. The molecule has 0 bridgehead atoms. The van der Waals surface area contributed by atoms with Crippen molar-refractivity contribution in [3.63, 3.8) is 0 Å². The Hall–Kier alpha value is -3.12. The molecule has 3 N–H and O–H groups in total. The zero-order valence-corrected chi connectivity index (χ0v) is 14.3. The highest BCUT2D eigenvalue weighted by atomic mass is 32.1. The van der Waals surface area contributed by atoms with Crippen LogP contribution in [0.25, 0.3) is 6.08 Å². The molecule has 0 radical (unpaired) electrons. The summed E-state index contributed by atoms with van der Waals surface area (Å²) in [6, 6.07) is 17.8. The van der Waals surface area contributed by atoms with Crippen LogP contribution in [0.1, 0.15) is 11.1 Å². The molecule has 0 saturated carbocycles. The summed E-state index contributed by atoms with van der Waals surface area (Å²) in [7, 11) is 0. The lowest BCUT2D eigenvalue weighted by molar-refractivity contribution is 0.363. The van der Waals surface area contributed by atoms with Crippen molar-refractivity contribution in [3.8, 4) is 5.75 Å². The molecule has 2 aromatic carbocycles. The highest BCUT2D eigenvalue weighted by Crippen LogP contribution is 2.18. The number of nitrogens with one attached hydrogen (secondary N) is 1. The molecule has 126 valence electrons. The molecule has 3 aromatic rings. The van der Waals surface area contributed by atoms with Crippen LogP contribution >= 0.6 is 11.3 Å². The first-order chi connectivity index (χ1) is 12.3. The van der Waals surface area contributed by atoms with Gasteiger partial charge in [-0.3, -0.25) is 5.43 Å². The van der Waals surface area contributed by atoms with Gasteiger partial charge < -0.3 is 10.5 Å². The molecule has 0 amide bonds. The Labute approximate surface area is 150 Å². The van der Waals surface area contributed by atoms with E-state index in [2.05, 4.69) is 15.5 Å². The van der Waals surface area contributed by atoms with Crippen LogP contribution in [-0.4, -0.2) is 17.8 Å². The van der Waals surface area contributed by atoms with E-state index in [0.29, 0.717) is 17.6 Å². The van der Waals surface area contributed by atoms with E-state index in [-0.39, 0.29) is 0 Å². The first-order valence-corrected chi connectivity index (χ1v) is 8.63. The zero-order valence-electron chi connectivity index (χ0n) is 13.5. The van der Waals surface area contributed by atoms with Crippen LogP contribution in [0, 0.1) is 0 Å². The summed E-state index contributed by atoms with van der Waals surface area (Å²) < 4.78 is 5.83. The Kier molecular flexibility index (Phi) is 5.79. The zero-order chi connectivity index (χ0) is 17.3. The van der Waals surface area contributed by atoms with E-state index in [4.69, 9.17) is 10.5 Å². The molecule has 3 rings (SSSR count). The van der Waals surface area contributed by atoms with Gasteiger partial charge in [0.05, 0.1) is 6.21 Å². The van der Waals surface area contributed by atoms with Gasteiger partial charge in [-0.25, -0.2) is 4.98 Å². The van der Waals surface area contributed by atoms with E-state index in [1.54, 1.807) is 11.6 Å². The summed E-state index contributed by atoms with van der Waals surface area (Å²) in [6.07, 6.45) is 5.72. The van der Waals surface area contributed by atoms with Gasteiger partial charge >= 0.3 is 0 Å². The summed E-state index contributed by atoms with van der Waals surface area (Å²) in [5.41, 5.74) is 10.5. The lowest BCUT2D eigenvalue weighted by Gasteiger charge is -2.06. The molecular formula is C19H18N4OS. The fraction of sp³-hybridized carbons (Fsp3) is 0.0526. The molecule has 0 aliphatic heterocycles. The lowest BCUT2D eigenvalue weighted by atomic mass is 10.2. The van der Waals surface area contributed by atoms with Crippen molar-refractivity contribution in [2.24, 2.45) is 5.10 Å². The Bertz CT molecular complexity index is 859. The van der Waals surface area contributed by atoms with Gasteiger partial charge in [0.1, 0.15) is 18.2 Å². The quantitative estimate of drug-likeness (QED) is 0.493. The number of para-hydroxylation sites is 1. The predicted octanol–water partition coefficient (Wildman–Crippen LogP) is 4.26. The van der Waals surface area contributed by atoms with Crippen molar-refractivity contribution in [1.82, 2.24) is 4.98 Å². The maximum Gasteiger partial charge on any atom is 0.205 e.